The van der Waals surface area contributed by atoms with Crippen LogP contribution in [-0.4, -0.2) is 47.5 Å². The predicted octanol–water partition coefficient (Wildman–Crippen LogP) is 3.84. The summed E-state index contributed by atoms with van der Waals surface area (Å²) in [7, 11) is 4.50. The number of aryl methyl sites for hydroxylation is 1. The van der Waals surface area contributed by atoms with Gasteiger partial charge in [-0.05, 0) is 18.6 Å². The van der Waals surface area contributed by atoms with Gasteiger partial charge in [0.2, 0.25) is 0 Å². The van der Waals surface area contributed by atoms with Crippen molar-refractivity contribution in [3.8, 4) is 17.2 Å². The van der Waals surface area contributed by atoms with Gasteiger partial charge in [-0.2, -0.15) is 0 Å². The maximum absolute atomic E-state index is 13.0. The van der Waals surface area contributed by atoms with Crippen molar-refractivity contribution in [2.45, 2.75) is 6.92 Å². The van der Waals surface area contributed by atoms with E-state index in [1.807, 2.05) is 31.2 Å². The molecule has 0 bridgehead atoms. The minimum absolute atomic E-state index is 0.0358. The standard InChI is InChI=1S/C22H26O7/c1-16-5-7-17(8-6-16)9-10-19(23)22-20(28-14-25-3)11-18(27-13-24-2)12-21(22)29-15-26-4/h5-12H,13-15H2,1-4H3/b10-9+. The molecule has 0 aliphatic carbocycles. The van der Waals surface area contributed by atoms with Crippen LogP contribution in [0.25, 0.3) is 6.08 Å². The van der Waals surface area contributed by atoms with Gasteiger partial charge in [0.05, 0.1) is 0 Å². The number of rotatable bonds is 12. The zero-order valence-corrected chi connectivity index (χ0v) is 17.1. The fourth-order valence-corrected chi connectivity index (χ4v) is 2.42. The van der Waals surface area contributed by atoms with E-state index in [1.165, 1.54) is 27.4 Å². The van der Waals surface area contributed by atoms with Crippen LogP contribution in [0.5, 0.6) is 17.2 Å². The average molecular weight is 402 g/mol. The second-order valence-electron chi connectivity index (χ2n) is 6.06. The third-order valence-electron chi connectivity index (χ3n) is 3.80. The Kier molecular flexibility index (Phi) is 9.17. The molecule has 0 amide bonds. The van der Waals surface area contributed by atoms with E-state index in [1.54, 1.807) is 18.2 Å². The monoisotopic (exact) mass is 402 g/mol. The Hall–Kier alpha value is -2.87. The SMILES string of the molecule is COCOc1cc(OCOC)c(C(=O)/C=C/c2ccc(C)cc2)c(OCOC)c1. The Labute approximate surface area is 170 Å². The molecule has 0 aromatic heterocycles. The van der Waals surface area contributed by atoms with Crippen LogP contribution in [0.15, 0.2) is 42.5 Å². The van der Waals surface area contributed by atoms with Gasteiger partial charge in [0.1, 0.15) is 22.8 Å². The van der Waals surface area contributed by atoms with E-state index < -0.39 is 0 Å². The molecule has 0 saturated carbocycles. The first-order valence-corrected chi connectivity index (χ1v) is 8.91. The van der Waals surface area contributed by atoms with Crippen LogP contribution in [0.1, 0.15) is 21.5 Å². The van der Waals surface area contributed by atoms with Gasteiger partial charge >= 0.3 is 0 Å². The van der Waals surface area contributed by atoms with E-state index in [-0.39, 0.29) is 43.2 Å². The van der Waals surface area contributed by atoms with Gasteiger partial charge in [-0.15, -0.1) is 0 Å². The Morgan fingerprint density at radius 3 is 1.86 bits per heavy atom. The molecule has 0 fully saturated rings. The van der Waals surface area contributed by atoms with Crippen molar-refractivity contribution in [2.24, 2.45) is 0 Å². The van der Waals surface area contributed by atoms with Crippen LogP contribution >= 0.6 is 0 Å². The summed E-state index contributed by atoms with van der Waals surface area (Å²) < 4.78 is 31.6. The number of hydrogen-bond donors (Lipinski definition) is 0. The second kappa shape index (κ2) is 11.9. The molecule has 2 aromatic carbocycles. The lowest BCUT2D eigenvalue weighted by atomic mass is 10.1. The Bertz CT molecular complexity index is 783. The molecule has 0 radical (unpaired) electrons. The molecule has 0 aliphatic rings. The number of carbonyl (C=O) groups excluding carboxylic acids is 1. The maximum atomic E-state index is 13.0. The molecule has 2 rings (SSSR count). The Morgan fingerprint density at radius 2 is 1.34 bits per heavy atom. The summed E-state index contributed by atoms with van der Waals surface area (Å²) >= 11 is 0. The van der Waals surface area contributed by atoms with E-state index in [0.29, 0.717) is 5.75 Å². The highest BCUT2D eigenvalue weighted by Gasteiger charge is 2.20. The lowest BCUT2D eigenvalue weighted by molar-refractivity contribution is 0.0400. The van der Waals surface area contributed by atoms with Gasteiger partial charge in [-0.3, -0.25) is 4.79 Å². The molecule has 0 atom stereocenters. The highest BCUT2D eigenvalue weighted by molar-refractivity contribution is 6.10. The fraction of sp³-hybridized carbons (Fsp3) is 0.318. The number of methoxy groups -OCH3 is 3. The molecule has 0 aliphatic heterocycles. The number of hydrogen-bond acceptors (Lipinski definition) is 7. The maximum Gasteiger partial charge on any atom is 0.193 e. The summed E-state index contributed by atoms with van der Waals surface area (Å²) in [4.78, 5) is 13.0. The lowest BCUT2D eigenvalue weighted by Gasteiger charge is -2.16. The summed E-state index contributed by atoms with van der Waals surface area (Å²) in [6, 6.07) is 11.0. The summed E-state index contributed by atoms with van der Waals surface area (Å²) in [6.45, 7) is 1.96. The smallest absolute Gasteiger partial charge is 0.193 e. The van der Waals surface area contributed by atoms with Crippen LogP contribution in [0.3, 0.4) is 0 Å². The molecule has 0 N–H and O–H groups in total. The number of ether oxygens (including phenoxy) is 6. The fourth-order valence-electron chi connectivity index (χ4n) is 2.42. The van der Waals surface area contributed by atoms with Crippen LogP contribution < -0.4 is 14.2 Å². The molecule has 7 heteroatoms. The molecule has 156 valence electrons. The highest BCUT2D eigenvalue weighted by Crippen LogP contribution is 2.35. The number of carbonyl (C=O) groups is 1. The lowest BCUT2D eigenvalue weighted by Crippen LogP contribution is -2.10. The first-order chi connectivity index (χ1) is 14.1. The van der Waals surface area contributed by atoms with Gasteiger partial charge in [-0.1, -0.05) is 35.9 Å². The van der Waals surface area contributed by atoms with Crippen LogP contribution in [-0.2, 0) is 14.2 Å². The molecule has 0 saturated heterocycles. The molecular weight excluding hydrogens is 376 g/mol. The van der Waals surface area contributed by atoms with Crippen LogP contribution in [0.2, 0.25) is 0 Å². The van der Waals surface area contributed by atoms with Gasteiger partial charge in [0.15, 0.2) is 26.2 Å². The molecular formula is C22H26O7. The topological polar surface area (TPSA) is 72.5 Å². The summed E-state index contributed by atoms with van der Waals surface area (Å²) in [5, 5.41) is 0. The first-order valence-electron chi connectivity index (χ1n) is 8.91. The molecule has 0 heterocycles. The zero-order chi connectivity index (χ0) is 21.1. The normalized spacial score (nSPS) is 10.9. The first kappa shape index (κ1) is 22.4. The van der Waals surface area contributed by atoms with E-state index in [9.17, 15) is 4.79 Å². The molecule has 0 spiro atoms. The van der Waals surface area contributed by atoms with Gasteiger partial charge in [0, 0.05) is 33.5 Å². The Morgan fingerprint density at radius 1 is 0.828 bits per heavy atom. The van der Waals surface area contributed by atoms with Crippen molar-refractivity contribution in [3.05, 3.63) is 59.2 Å². The average Bonchev–Trinajstić information content (AvgIpc) is 2.73. The zero-order valence-electron chi connectivity index (χ0n) is 17.1. The third-order valence-corrected chi connectivity index (χ3v) is 3.80. The van der Waals surface area contributed by atoms with Crippen LogP contribution in [0.4, 0.5) is 0 Å². The number of benzene rings is 2. The molecule has 0 unspecified atom stereocenters. The van der Waals surface area contributed by atoms with Crippen LogP contribution in [0, 0.1) is 6.92 Å². The van der Waals surface area contributed by atoms with E-state index in [2.05, 4.69) is 0 Å². The van der Waals surface area contributed by atoms with Crippen molar-refractivity contribution in [1.82, 2.24) is 0 Å². The van der Waals surface area contributed by atoms with Gasteiger partial charge in [0.25, 0.3) is 0 Å². The number of allylic oxidation sites excluding steroid dienone is 1. The van der Waals surface area contributed by atoms with Crippen molar-refractivity contribution >= 4 is 11.9 Å². The van der Waals surface area contributed by atoms with Crippen molar-refractivity contribution in [2.75, 3.05) is 41.7 Å². The number of ketones is 1. The minimum Gasteiger partial charge on any atom is -0.467 e. The van der Waals surface area contributed by atoms with E-state index in [4.69, 9.17) is 28.4 Å². The van der Waals surface area contributed by atoms with Crippen molar-refractivity contribution in [1.29, 1.82) is 0 Å². The van der Waals surface area contributed by atoms with Gasteiger partial charge < -0.3 is 28.4 Å². The molecule has 7 nitrogen and oxygen atoms in total. The summed E-state index contributed by atoms with van der Waals surface area (Å²) in [6.07, 6.45) is 3.20. The van der Waals surface area contributed by atoms with Crippen molar-refractivity contribution < 1.29 is 33.2 Å². The molecule has 29 heavy (non-hydrogen) atoms. The second-order valence-corrected chi connectivity index (χ2v) is 6.06. The van der Waals surface area contributed by atoms with E-state index >= 15 is 0 Å². The minimum atomic E-state index is -0.291. The van der Waals surface area contributed by atoms with E-state index in [0.717, 1.165) is 11.1 Å². The summed E-state index contributed by atoms with van der Waals surface area (Å²) in [5.74, 6) is 0.666. The summed E-state index contributed by atoms with van der Waals surface area (Å²) in [5.41, 5.74) is 2.29. The van der Waals surface area contributed by atoms with Gasteiger partial charge in [-0.25, -0.2) is 0 Å². The highest BCUT2D eigenvalue weighted by atomic mass is 16.7. The predicted molar refractivity (Wildman–Crippen MR) is 108 cm³/mol. The largest absolute Gasteiger partial charge is 0.467 e. The Balaban J connectivity index is 2.40. The third kappa shape index (κ3) is 6.90. The van der Waals surface area contributed by atoms with Crippen molar-refractivity contribution in [3.63, 3.8) is 0 Å². The molecule has 2 aromatic rings. The quantitative estimate of drug-likeness (QED) is 0.303.